The van der Waals surface area contributed by atoms with Gasteiger partial charge >= 0.3 is 0 Å². The molecule has 1 atom stereocenters. The van der Waals surface area contributed by atoms with Crippen LogP contribution in [0.1, 0.15) is 25.5 Å². The Morgan fingerprint density at radius 2 is 2.44 bits per heavy atom. The van der Waals surface area contributed by atoms with Gasteiger partial charge in [0.1, 0.15) is 0 Å². The van der Waals surface area contributed by atoms with Crippen molar-refractivity contribution in [3.8, 4) is 0 Å². The summed E-state index contributed by atoms with van der Waals surface area (Å²) in [6.45, 7) is 6.67. The zero-order valence-corrected chi connectivity index (χ0v) is 10.0. The maximum absolute atomic E-state index is 4.31. The van der Waals surface area contributed by atoms with E-state index in [0.717, 1.165) is 24.8 Å². The summed E-state index contributed by atoms with van der Waals surface area (Å²) in [5, 5.41) is 3.50. The predicted molar refractivity (Wildman–Crippen MR) is 66.2 cm³/mol. The molecule has 2 heterocycles. The molecule has 0 bridgehead atoms. The predicted octanol–water partition coefficient (Wildman–Crippen LogP) is 1.66. The minimum Gasteiger partial charge on any atom is -0.310 e. The lowest BCUT2D eigenvalue weighted by molar-refractivity contribution is 0.259. The zero-order chi connectivity index (χ0) is 11.2. The lowest BCUT2D eigenvalue weighted by Gasteiger charge is -2.22. The first-order chi connectivity index (χ1) is 7.90. The van der Waals surface area contributed by atoms with Gasteiger partial charge in [0.05, 0.1) is 5.69 Å². The largest absolute Gasteiger partial charge is 0.310 e. The first kappa shape index (κ1) is 11.6. The van der Waals surface area contributed by atoms with Crippen LogP contribution >= 0.6 is 0 Å². The maximum atomic E-state index is 4.31. The number of rotatable bonds is 5. The molecule has 3 nitrogen and oxygen atoms in total. The van der Waals surface area contributed by atoms with E-state index < -0.39 is 0 Å². The van der Waals surface area contributed by atoms with Crippen molar-refractivity contribution < 1.29 is 0 Å². The summed E-state index contributed by atoms with van der Waals surface area (Å²) in [5.41, 5.74) is 1.13. The minimum absolute atomic E-state index is 0.730. The van der Waals surface area contributed by atoms with Gasteiger partial charge in [-0.2, -0.15) is 0 Å². The van der Waals surface area contributed by atoms with Crippen LogP contribution in [0.5, 0.6) is 0 Å². The Labute approximate surface area is 97.9 Å². The highest BCUT2D eigenvalue weighted by molar-refractivity contribution is 5.03. The molecule has 1 saturated heterocycles. The molecule has 3 heteroatoms. The number of nitrogens with zero attached hydrogens (tertiary/aromatic N) is 2. The fourth-order valence-electron chi connectivity index (χ4n) is 2.41. The molecule has 1 aromatic rings. The van der Waals surface area contributed by atoms with Crippen LogP contribution in [0.15, 0.2) is 24.4 Å². The molecule has 1 fully saturated rings. The number of aromatic nitrogens is 1. The monoisotopic (exact) mass is 219 g/mol. The Balaban J connectivity index is 1.72. The summed E-state index contributed by atoms with van der Waals surface area (Å²) < 4.78 is 0. The molecule has 1 N–H and O–H groups in total. The van der Waals surface area contributed by atoms with E-state index in [1.165, 1.54) is 25.9 Å². The van der Waals surface area contributed by atoms with Crippen molar-refractivity contribution in [1.29, 1.82) is 0 Å². The van der Waals surface area contributed by atoms with Gasteiger partial charge in [0.2, 0.25) is 0 Å². The first-order valence-corrected chi connectivity index (χ1v) is 6.25. The second-order valence-electron chi connectivity index (χ2n) is 4.38. The van der Waals surface area contributed by atoms with Crippen LogP contribution in [-0.4, -0.2) is 35.6 Å². The molecule has 1 aromatic heterocycles. The van der Waals surface area contributed by atoms with Crippen LogP contribution in [-0.2, 0) is 6.54 Å². The Morgan fingerprint density at radius 3 is 3.19 bits per heavy atom. The van der Waals surface area contributed by atoms with E-state index in [9.17, 15) is 0 Å². The highest BCUT2D eigenvalue weighted by atomic mass is 15.2. The molecular weight excluding hydrogens is 198 g/mol. The third-order valence-electron chi connectivity index (χ3n) is 3.32. The number of pyridine rings is 1. The molecule has 0 spiro atoms. The highest BCUT2D eigenvalue weighted by Gasteiger charge is 2.21. The minimum atomic E-state index is 0.730. The Hall–Kier alpha value is -0.930. The van der Waals surface area contributed by atoms with Crippen LogP contribution in [0.2, 0.25) is 0 Å². The van der Waals surface area contributed by atoms with Crippen molar-refractivity contribution in [2.75, 3.05) is 19.6 Å². The van der Waals surface area contributed by atoms with Crippen LogP contribution < -0.4 is 5.32 Å². The molecule has 1 aliphatic heterocycles. The number of hydrogen-bond acceptors (Lipinski definition) is 3. The summed E-state index contributed by atoms with van der Waals surface area (Å²) in [5.74, 6) is 0. The van der Waals surface area contributed by atoms with Gasteiger partial charge in [0.15, 0.2) is 0 Å². The van der Waals surface area contributed by atoms with E-state index in [-0.39, 0.29) is 0 Å². The molecule has 0 aliphatic carbocycles. The average Bonchev–Trinajstić information content (AvgIpc) is 2.78. The van der Waals surface area contributed by atoms with Crippen molar-refractivity contribution in [3.63, 3.8) is 0 Å². The van der Waals surface area contributed by atoms with Crippen LogP contribution in [0.3, 0.4) is 0 Å². The van der Waals surface area contributed by atoms with Crippen LogP contribution in [0.4, 0.5) is 0 Å². The van der Waals surface area contributed by atoms with E-state index in [1.807, 2.05) is 18.3 Å². The van der Waals surface area contributed by atoms with Gasteiger partial charge in [0, 0.05) is 25.3 Å². The topological polar surface area (TPSA) is 28.2 Å². The normalized spacial score (nSPS) is 21.4. The fourth-order valence-corrected chi connectivity index (χ4v) is 2.41. The van der Waals surface area contributed by atoms with Gasteiger partial charge in [-0.3, -0.25) is 9.88 Å². The first-order valence-electron chi connectivity index (χ1n) is 6.25. The fraction of sp³-hybridized carbons (Fsp3) is 0.615. The SMILES string of the molecule is CCN1CCCC1CNCc1ccccn1. The smallest absolute Gasteiger partial charge is 0.0541 e. The number of likely N-dealkylation sites (tertiary alicyclic amines) is 1. The third kappa shape index (κ3) is 3.03. The van der Waals surface area contributed by atoms with Crippen molar-refractivity contribution in [2.24, 2.45) is 0 Å². The summed E-state index contributed by atoms with van der Waals surface area (Å²) in [4.78, 5) is 6.87. The van der Waals surface area contributed by atoms with E-state index in [0.29, 0.717) is 0 Å². The standard InChI is InChI=1S/C13H21N3/c1-2-16-9-5-7-13(16)11-14-10-12-6-3-4-8-15-12/h3-4,6,8,13-14H,2,5,7,9-11H2,1H3. The second-order valence-corrected chi connectivity index (χ2v) is 4.38. The second kappa shape index (κ2) is 5.97. The zero-order valence-electron chi connectivity index (χ0n) is 10.0. The summed E-state index contributed by atoms with van der Waals surface area (Å²) in [6.07, 6.45) is 4.54. The average molecular weight is 219 g/mol. The quantitative estimate of drug-likeness (QED) is 0.816. The summed E-state index contributed by atoms with van der Waals surface area (Å²) in [7, 11) is 0. The molecule has 0 saturated carbocycles. The van der Waals surface area contributed by atoms with Crippen molar-refractivity contribution in [3.05, 3.63) is 30.1 Å². The lowest BCUT2D eigenvalue weighted by atomic mass is 10.2. The van der Waals surface area contributed by atoms with Crippen molar-refractivity contribution in [1.82, 2.24) is 15.2 Å². The molecule has 16 heavy (non-hydrogen) atoms. The third-order valence-corrected chi connectivity index (χ3v) is 3.32. The Morgan fingerprint density at radius 1 is 1.50 bits per heavy atom. The lowest BCUT2D eigenvalue weighted by Crippen LogP contribution is -2.37. The number of nitrogens with one attached hydrogen (secondary N) is 1. The van der Waals surface area contributed by atoms with Crippen LogP contribution in [0.25, 0.3) is 0 Å². The van der Waals surface area contributed by atoms with Gasteiger partial charge in [0.25, 0.3) is 0 Å². The van der Waals surface area contributed by atoms with Gasteiger partial charge in [-0.05, 0) is 38.1 Å². The highest BCUT2D eigenvalue weighted by Crippen LogP contribution is 2.15. The van der Waals surface area contributed by atoms with Crippen LogP contribution in [0, 0.1) is 0 Å². The molecule has 0 radical (unpaired) electrons. The summed E-state index contributed by atoms with van der Waals surface area (Å²) in [6, 6.07) is 6.80. The molecule has 1 aliphatic rings. The molecule has 88 valence electrons. The van der Waals surface area contributed by atoms with Gasteiger partial charge in [-0.15, -0.1) is 0 Å². The Bertz CT molecular complexity index is 299. The Kier molecular flexibility index (Phi) is 4.31. The van der Waals surface area contributed by atoms with E-state index in [4.69, 9.17) is 0 Å². The molecular formula is C13H21N3. The van der Waals surface area contributed by atoms with Gasteiger partial charge in [-0.25, -0.2) is 0 Å². The summed E-state index contributed by atoms with van der Waals surface area (Å²) >= 11 is 0. The van der Waals surface area contributed by atoms with E-state index in [2.05, 4.69) is 28.2 Å². The van der Waals surface area contributed by atoms with Crippen molar-refractivity contribution >= 4 is 0 Å². The van der Waals surface area contributed by atoms with E-state index >= 15 is 0 Å². The molecule has 0 amide bonds. The maximum Gasteiger partial charge on any atom is 0.0541 e. The van der Waals surface area contributed by atoms with Gasteiger partial charge < -0.3 is 5.32 Å². The number of likely N-dealkylation sites (N-methyl/N-ethyl adjacent to an activating group) is 1. The number of hydrogen-bond donors (Lipinski definition) is 1. The molecule has 1 unspecified atom stereocenters. The molecule has 0 aromatic carbocycles. The van der Waals surface area contributed by atoms with Gasteiger partial charge in [-0.1, -0.05) is 13.0 Å². The molecule has 2 rings (SSSR count). The van der Waals surface area contributed by atoms with E-state index in [1.54, 1.807) is 0 Å². The van der Waals surface area contributed by atoms with Crippen molar-refractivity contribution in [2.45, 2.75) is 32.4 Å².